The largest absolute Gasteiger partial charge is 0.506 e. The normalized spacial score (nSPS) is 10.7. The fourth-order valence-electron chi connectivity index (χ4n) is 2.12. The summed E-state index contributed by atoms with van der Waals surface area (Å²) >= 11 is 0. The van der Waals surface area contributed by atoms with Crippen LogP contribution in [0.2, 0.25) is 0 Å². The van der Waals surface area contributed by atoms with Gasteiger partial charge in [0.05, 0.1) is 7.11 Å². The summed E-state index contributed by atoms with van der Waals surface area (Å²) in [5, 5.41) is 10.7. The van der Waals surface area contributed by atoms with E-state index in [1.54, 1.807) is 24.4 Å². The number of hydrogen-bond acceptors (Lipinski definition) is 3. The number of nitrogens with zero attached hydrogens (tertiary/aromatic N) is 1. The molecule has 0 atom stereocenters. The fourth-order valence-corrected chi connectivity index (χ4v) is 2.12. The Morgan fingerprint density at radius 2 is 1.80 bits per heavy atom. The Bertz CT molecular complexity index is 769. The van der Waals surface area contributed by atoms with Crippen molar-refractivity contribution in [1.29, 1.82) is 0 Å². The standard InChI is InChI=1S/C16H12FNO2/c1-20-14-7-11-6-12(9-18-16(11)15(19)8-14)10-2-4-13(17)5-3-10/h2-9,19H,1H3. The number of halogens is 1. The van der Waals surface area contributed by atoms with Crippen LogP contribution in [0, 0.1) is 5.82 Å². The van der Waals surface area contributed by atoms with Gasteiger partial charge >= 0.3 is 0 Å². The number of benzene rings is 2. The molecule has 3 aromatic rings. The van der Waals surface area contributed by atoms with Gasteiger partial charge in [-0.25, -0.2) is 4.39 Å². The minimum Gasteiger partial charge on any atom is -0.506 e. The van der Waals surface area contributed by atoms with E-state index in [1.807, 2.05) is 6.07 Å². The molecule has 0 radical (unpaired) electrons. The van der Waals surface area contributed by atoms with E-state index >= 15 is 0 Å². The number of pyridine rings is 1. The third-order valence-corrected chi connectivity index (χ3v) is 3.15. The SMILES string of the molecule is COc1cc(O)c2ncc(-c3ccc(F)cc3)cc2c1. The molecule has 1 N–H and O–H groups in total. The van der Waals surface area contributed by atoms with Crippen molar-refractivity contribution in [2.24, 2.45) is 0 Å². The monoisotopic (exact) mass is 269 g/mol. The summed E-state index contributed by atoms with van der Waals surface area (Å²) in [6, 6.07) is 11.4. The smallest absolute Gasteiger partial charge is 0.145 e. The second-order valence-corrected chi connectivity index (χ2v) is 4.45. The molecule has 0 aliphatic rings. The molecule has 1 heterocycles. The van der Waals surface area contributed by atoms with E-state index in [4.69, 9.17) is 4.74 Å². The van der Waals surface area contributed by atoms with Gasteiger partial charge in [-0.15, -0.1) is 0 Å². The molecular weight excluding hydrogens is 257 g/mol. The fraction of sp³-hybridized carbons (Fsp3) is 0.0625. The molecule has 3 nitrogen and oxygen atoms in total. The molecular formula is C16H12FNO2. The first-order valence-electron chi connectivity index (χ1n) is 6.10. The predicted octanol–water partition coefficient (Wildman–Crippen LogP) is 3.76. The van der Waals surface area contributed by atoms with Crippen LogP contribution in [0.5, 0.6) is 11.5 Å². The third kappa shape index (κ3) is 2.16. The molecule has 0 saturated heterocycles. The van der Waals surface area contributed by atoms with Crippen LogP contribution in [0.1, 0.15) is 0 Å². The van der Waals surface area contributed by atoms with Crippen LogP contribution in [-0.4, -0.2) is 17.2 Å². The van der Waals surface area contributed by atoms with Gasteiger partial charge in [-0.3, -0.25) is 4.98 Å². The number of rotatable bonds is 2. The number of methoxy groups -OCH3 is 1. The van der Waals surface area contributed by atoms with Crippen LogP contribution in [0.25, 0.3) is 22.0 Å². The summed E-state index contributed by atoms with van der Waals surface area (Å²) < 4.78 is 18.1. The van der Waals surface area contributed by atoms with Gasteiger partial charge in [-0.1, -0.05) is 12.1 Å². The molecule has 2 aromatic carbocycles. The van der Waals surface area contributed by atoms with E-state index in [0.29, 0.717) is 11.3 Å². The third-order valence-electron chi connectivity index (χ3n) is 3.15. The Morgan fingerprint density at radius 3 is 2.50 bits per heavy atom. The van der Waals surface area contributed by atoms with Gasteiger partial charge in [0.2, 0.25) is 0 Å². The topological polar surface area (TPSA) is 42.4 Å². The summed E-state index contributed by atoms with van der Waals surface area (Å²) in [4.78, 5) is 4.26. The Morgan fingerprint density at radius 1 is 1.05 bits per heavy atom. The molecule has 0 fully saturated rings. The first-order valence-corrected chi connectivity index (χ1v) is 6.10. The van der Waals surface area contributed by atoms with E-state index in [-0.39, 0.29) is 11.6 Å². The molecule has 100 valence electrons. The van der Waals surface area contributed by atoms with Crippen molar-refractivity contribution in [3.63, 3.8) is 0 Å². The predicted molar refractivity (Wildman–Crippen MR) is 75.4 cm³/mol. The number of aromatic nitrogens is 1. The Hall–Kier alpha value is -2.62. The molecule has 0 aliphatic heterocycles. The molecule has 0 aliphatic carbocycles. The summed E-state index contributed by atoms with van der Waals surface area (Å²) in [7, 11) is 1.54. The molecule has 0 bridgehead atoms. The highest BCUT2D eigenvalue weighted by Crippen LogP contribution is 2.31. The Labute approximate surface area is 115 Å². The van der Waals surface area contributed by atoms with Crippen molar-refractivity contribution in [3.05, 3.63) is 54.5 Å². The van der Waals surface area contributed by atoms with Crippen LogP contribution in [0.4, 0.5) is 4.39 Å². The summed E-state index contributed by atoms with van der Waals surface area (Å²) in [6.45, 7) is 0. The van der Waals surface area contributed by atoms with Crippen molar-refractivity contribution >= 4 is 10.9 Å². The zero-order valence-corrected chi connectivity index (χ0v) is 10.8. The van der Waals surface area contributed by atoms with Crippen LogP contribution >= 0.6 is 0 Å². The van der Waals surface area contributed by atoms with Gasteiger partial charge in [-0.05, 0) is 29.8 Å². The average Bonchev–Trinajstić information content (AvgIpc) is 2.47. The zero-order chi connectivity index (χ0) is 14.1. The molecule has 1 aromatic heterocycles. The van der Waals surface area contributed by atoms with Crippen molar-refractivity contribution < 1.29 is 14.2 Å². The number of aromatic hydroxyl groups is 1. The highest BCUT2D eigenvalue weighted by molar-refractivity contribution is 5.89. The van der Waals surface area contributed by atoms with Crippen molar-refractivity contribution in [2.75, 3.05) is 7.11 Å². The molecule has 4 heteroatoms. The molecule has 20 heavy (non-hydrogen) atoms. The highest BCUT2D eigenvalue weighted by atomic mass is 19.1. The van der Waals surface area contributed by atoms with E-state index < -0.39 is 0 Å². The number of phenols is 1. The van der Waals surface area contributed by atoms with Crippen LogP contribution < -0.4 is 4.74 Å². The zero-order valence-electron chi connectivity index (χ0n) is 10.8. The van der Waals surface area contributed by atoms with Crippen molar-refractivity contribution in [1.82, 2.24) is 4.98 Å². The average molecular weight is 269 g/mol. The maximum absolute atomic E-state index is 12.9. The van der Waals surface area contributed by atoms with Gasteiger partial charge < -0.3 is 9.84 Å². The minimum absolute atomic E-state index is 0.0741. The van der Waals surface area contributed by atoms with Crippen molar-refractivity contribution in [3.8, 4) is 22.6 Å². The first kappa shape index (κ1) is 12.4. The van der Waals surface area contributed by atoms with Gasteiger partial charge in [0.15, 0.2) is 0 Å². The van der Waals surface area contributed by atoms with Crippen molar-refractivity contribution in [2.45, 2.75) is 0 Å². The summed E-state index contributed by atoms with van der Waals surface area (Å²) in [5.74, 6) is 0.361. The lowest BCUT2D eigenvalue weighted by atomic mass is 10.1. The summed E-state index contributed by atoms with van der Waals surface area (Å²) in [6.07, 6.45) is 1.65. The number of fused-ring (bicyclic) bond motifs is 1. The second kappa shape index (κ2) is 4.81. The van der Waals surface area contributed by atoms with E-state index in [2.05, 4.69) is 4.98 Å². The lowest BCUT2D eigenvalue weighted by Gasteiger charge is -2.07. The van der Waals surface area contributed by atoms with E-state index in [0.717, 1.165) is 16.5 Å². The van der Waals surface area contributed by atoms with Crippen LogP contribution in [-0.2, 0) is 0 Å². The first-order chi connectivity index (χ1) is 9.67. The van der Waals surface area contributed by atoms with Crippen LogP contribution in [0.15, 0.2) is 48.7 Å². The van der Waals surface area contributed by atoms with Gasteiger partial charge in [0, 0.05) is 23.2 Å². The Balaban J connectivity index is 2.16. The lowest BCUT2D eigenvalue weighted by molar-refractivity contribution is 0.409. The number of hydrogen-bond donors (Lipinski definition) is 1. The van der Waals surface area contributed by atoms with Gasteiger partial charge in [0.25, 0.3) is 0 Å². The minimum atomic E-state index is -0.276. The molecule has 3 rings (SSSR count). The van der Waals surface area contributed by atoms with E-state index in [1.165, 1.54) is 25.3 Å². The summed E-state index contributed by atoms with van der Waals surface area (Å²) in [5.41, 5.74) is 2.23. The van der Waals surface area contributed by atoms with Gasteiger partial charge in [0.1, 0.15) is 22.8 Å². The maximum atomic E-state index is 12.9. The molecule has 0 unspecified atom stereocenters. The number of ether oxygens (including phenoxy) is 1. The van der Waals surface area contributed by atoms with Crippen LogP contribution in [0.3, 0.4) is 0 Å². The maximum Gasteiger partial charge on any atom is 0.145 e. The molecule has 0 amide bonds. The molecule has 0 spiro atoms. The Kier molecular flexibility index (Phi) is 2.99. The molecule has 0 saturated carbocycles. The van der Waals surface area contributed by atoms with E-state index in [9.17, 15) is 9.50 Å². The quantitative estimate of drug-likeness (QED) is 0.770. The second-order valence-electron chi connectivity index (χ2n) is 4.45. The highest BCUT2D eigenvalue weighted by Gasteiger charge is 2.07. The number of phenolic OH excluding ortho intramolecular Hbond substituents is 1. The lowest BCUT2D eigenvalue weighted by Crippen LogP contribution is -1.87. The van der Waals surface area contributed by atoms with Gasteiger partial charge in [-0.2, -0.15) is 0 Å².